The summed E-state index contributed by atoms with van der Waals surface area (Å²) < 4.78 is 5.45. The van der Waals surface area contributed by atoms with Crippen LogP contribution in [0.15, 0.2) is 43.0 Å². The number of morpholine rings is 1. The molecule has 0 atom stereocenters. The van der Waals surface area contributed by atoms with Crippen molar-refractivity contribution < 1.29 is 4.74 Å². The summed E-state index contributed by atoms with van der Waals surface area (Å²) in [6, 6.07) is 10.2. The van der Waals surface area contributed by atoms with Crippen molar-refractivity contribution >= 4 is 23.1 Å². The van der Waals surface area contributed by atoms with Crippen LogP contribution in [0.2, 0.25) is 0 Å². The first kappa shape index (κ1) is 16.3. The number of hydrogen-bond acceptors (Lipinski definition) is 6. The van der Waals surface area contributed by atoms with E-state index in [0.717, 1.165) is 49.2 Å². The number of aryl methyl sites for hydroxylation is 1. The Morgan fingerprint density at radius 1 is 1.25 bits per heavy atom. The highest BCUT2D eigenvalue weighted by Crippen LogP contribution is 2.29. The van der Waals surface area contributed by atoms with Crippen molar-refractivity contribution in [3.63, 3.8) is 0 Å². The second-order valence-electron chi connectivity index (χ2n) is 5.63. The number of ether oxygens (including phenoxy) is 1. The predicted molar refractivity (Wildman–Crippen MR) is 98.2 cm³/mol. The van der Waals surface area contributed by atoms with Gasteiger partial charge >= 0.3 is 0 Å². The molecule has 0 unspecified atom stereocenters. The maximum atomic E-state index is 5.45. The van der Waals surface area contributed by atoms with E-state index in [2.05, 4.69) is 50.3 Å². The summed E-state index contributed by atoms with van der Waals surface area (Å²) in [5.74, 6) is 1.37. The minimum atomic E-state index is 0.598. The molecule has 2 N–H and O–H groups in total. The topological polar surface area (TPSA) is 62.3 Å². The Morgan fingerprint density at radius 2 is 2.04 bits per heavy atom. The summed E-state index contributed by atoms with van der Waals surface area (Å²) >= 11 is 0. The zero-order valence-corrected chi connectivity index (χ0v) is 14.0. The maximum absolute atomic E-state index is 5.45. The molecular formula is C18H23N5O. The van der Waals surface area contributed by atoms with E-state index >= 15 is 0 Å². The minimum absolute atomic E-state index is 0.598. The Kier molecular flexibility index (Phi) is 5.28. The fourth-order valence-corrected chi connectivity index (χ4v) is 2.67. The minimum Gasteiger partial charge on any atom is -0.378 e. The zero-order chi connectivity index (χ0) is 16.8. The van der Waals surface area contributed by atoms with E-state index in [1.165, 1.54) is 0 Å². The summed E-state index contributed by atoms with van der Waals surface area (Å²) in [6.45, 7) is 9.61. The van der Waals surface area contributed by atoms with Crippen LogP contribution in [0.1, 0.15) is 5.69 Å². The second kappa shape index (κ2) is 7.79. The summed E-state index contributed by atoms with van der Waals surface area (Å²) in [5, 5.41) is 6.56. The van der Waals surface area contributed by atoms with Crippen LogP contribution in [0.25, 0.3) is 0 Å². The highest BCUT2D eigenvalue weighted by atomic mass is 16.5. The van der Waals surface area contributed by atoms with E-state index < -0.39 is 0 Å². The van der Waals surface area contributed by atoms with Crippen LogP contribution in [0, 0.1) is 6.92 Å². The molecule has 0 aliphatic carbocycles. The molecule has 1 aromatic carbocycles. The van der Waals surface area contributed by atoms with Gasteiger partial charge in [0.2, 0.25) is 5.95 Å². The first-order chi connectivity index (χ1) is 11.8. The van der Waals surface area contributed by atoms with Crippen molar-refractivity contribution in [2.24, 2.45) is 0 Å². The molecule has 3 rings (SSSR count). The van der Waals surface area contributed by atoms with E-state index in [1.807, 2.05) is 19.1 Å². The predicted octanol–water partition coefficient (Wildman–Crippen LogP) is 2.96. The fourth-order valence-electron chi connectivity index (χ4n) is 2.67. The van der Waals surface area contributed by atoms with Gasteiger partial charge in [-0.05, 0) is 19.1 Å². The third kappa shape index (κ3) is 4.02. The normalized spacial score (nSPS) is 14.3. The molecule has 0 bridgehead atoms. The standard InChI is InChI=1S/C18H23N5O/c1-3-8-19-18-20-14(2)13-17(22-18)21-15-6-4-5-7-16(15)23-9-11-24-12-10-23/h3-7,13H,1,8-12H2,2H3,(H2,19,20,21,22). The Morgan fingerprint density at radius 3 is 2.83 bits per heavy atom. The van der Waals surface area contributed by atoms with Crippen LogP contribution >= 0.6 is 0 Å². The second-order valence-corrected chi connectivity index (χ2v) is 5.63. The van der Waals surface area contributed by atoms with E-state index in [0.29, 0.717) is 12.5 Å². The van der Waals surface area contributed by atoms with Crippen molar-refractivity contribution in [2.45, 2.75) is 6.92 Å². The van der Waals surface area contributed by atoms with Gasteiger partial charge in [-0.1, -0.05) is 18.2 Å². The van der Waals surface area contributed by atoms with E-state index in [1.54, 1.807) is 6.08 Å². The lowest BCUT2D eigenvalue weighted by molar-refractivity contribution is 0.123. The maximum Gasteiger partial charge on any atom is 0.225 e. The Labute approximate surface area is 142 Å². The van der Waals surface area contributed by atoms with Crippen molar-refractivity contribution in [1.29, 1.82) is 0 Å². The largest absolute Gasteiger partial charge is 0.378 e. The molecule has 0 spiro atoms. The summed E-state index contributed by atoms with van der Waals surface area (Å²) in [4.78, 5) is 11.2. The molecule has 6 nitrogen and oxygen atoms in total. The average molecular weight is 325 g/mol. The molecule has 2 aromatic rings. The lowest BCUT2D eigenvalue weighted by atomic mass is 10.2. The first-order valence-electron chi connectivity index (χ1n) is 8.15. The smallest absolute Gasteiger partial charge is 0.225 e. The molecule has 0 amide bonds. The van der Waals surface area contributed by atoms with Crippen molar-refractivity contribution in [3.8, 4) is 0 Å². The molecule has 24 heavy (non-hydrogen) atoms. The number of hydrogen-bond donors (Lipinski definition) is 2. The monoisotopic (exact) mass is 325 g/mol. The number of rotatable bonds is 6. The Balaban J connectivity index is 1.83. The molecule has 1 aliphatic rings. The van der Waals surface area contributed by atoms with Gasteiger partial charge in [-0.15, -0.1) is 6.58 Å². The zero-order valence-electron chi connectivity index (χ0n) is 14.0. The van der Waals surface area contributed by atoms with Gasteiger partial charge in [0.15, 0.2) is 0 Å². The summed E-state index contributed by atoms with van der Waals surface area (Å²) in [7, 11) is 0. The number of para-hydroxylation sites is 2. The van der Waals surface area contributed by atoms with Crippen LogP contribution < -0.4 is 15.5 Å². The van der Waals surface area contributed by atoms with Gasteiger partial charge in [-0.25, -0.2) is 4.98 Å². The van der Waals surface area contributed by atoms with Gasteiger partial charge in [-0.3, -0.25) is 0 Å². The van der Waals surface area contributed by atoms with Crippen LogP contribution in [0.5, 0.6) is 0 Å². The highest BCUT2D eigenvalue weighted by molar-refractivity contribution is 5.74. The van der Waals surface area contributed by atoms with Crippen LogP contribution in [-0.4, -0.2) is 42.8 Å². The van der Waals surface area contributed by atoms with E-state index in [4.69, 9.17) is 4.74 Å². The number of aromatic nitrogens is 2. The summed E-state index contributed by atoms with van der Waals surface area (Å²) in [6.07, 6.45) is 1.78. The quantitative estimate of drug-likeness (QED) is 0.796. The van der Waals surface area contributed by atoms with Crippen LogP contribution in [0.3, 0.4) is 0 Å². The number of anilines is 4. The lowest BCUT2D eigenvalue weighted by Gasteiger charge is -2.30. The SMILES string of the molecule is C=CCNc1nc(C)cc(Nc2ccccc2N2CCOCC2)n1. The summed E-state index contributed by atoms with van der Waals surface area (Å²) in [5.41, 5.74) is 3.10. The van der Waals surface area contributed by atoms with Crippen LogP contribution in [0.4, 0.5) is 23.1 Å². The molecule has 0 radical (unpaired) electrons. The van der Waals surface area contributed by atoms with Gasteiger partial charge in [0.1, 0.15) is 5.82 Å². The van der Waals surface area contributed by atoms with Gasteiger partial charge in [0.25, 0.3) is 0 Å². The molecule has 1 aliphatic heterocycles. The number of benzene rings is 1. The van der Waals surface area contributed by atoms with Gasteiger partial charge in [0, 0.05) is 31.4 Å². The molecule has 6 heteroatoms. The van der Waals surface area contributed by atoms with Gasteiger partial charge in [-0.2, -0.15) is 4.98 Å². The highest BCUT2D eigenvalue weighted by Gasteiger charge is 2.15. The van der Waals surface area contributed by atoms with Crippen molar-refractivity contribution in [2.75, 3.05) is 48.4 Å². The average Bonchev–Trinajstić information content (AvgIpc) is 2.61. The molecule has 2 heterocycles. The third-order valence-electron chi connectivity index (χ3n) is 3.78. The fraction of sp³-hybridized carbons (Fsp3) is 0.333. The van der Waals surface area contributed by atoms with Gasteiger partial charge < -0.3 is 20.3 Å². The third-order valence-corrected chi connectivity index (χ3v) is 3.78. The molecular weight excluding hydrogens is 302 g/mol. The first-order valence-corrected chi connectivity index (χ1v) is 8.15. The van der Waals surface area contributed by atoms with Crippen molar-refractivity contribution in [1.82, 2.24) is 9.97 Å². The van der Waals surface area contributed by atoms with E-state index in [9.17, 15) is 0 Å². The number of nitrogens with one attached hydrogen (secondary N) is 2. The molecule has 1 saturated heterocycles. The van der Waals surface area contributed by atoms with Crippen molar-refractivity contribution in [3.05, 3.63) is 48.7 Å². The Hall–Kier alpha value is -2.60. The van der Waals surface area contributed by atoms with E-state index in [-0.39, 0.29) is 0 Å². The Bertz CT molecular complexity index is 698. The molecule has 1 fully saturated rings. The number of nitrogens with zero attached hydrogens (tertiary/aromatic N) is 3. The molecule has 0 saturated carbocycles. The lowest BCUT2D eigenvalue weighted by Crippen LogP contribution is -2.36. The molecule has 1 aromatic heterocycles. The van der Waals surface area contributed by atoms with Crippen LogP contribution in [-0.2, 0) is 4.74 Å². The molecule has 126 valence electrons. The van der Waals surface area contributed by atoms with Gasteiger partial charge in [0.05, 0.1) is 24.6 Å².